The Hall–Kier alpha value is -5.08. The first-order valence-electron chi connectivity index (χ1n) is 16.2. The van der Waals surface area contributed by atoms with E-state index in [-0.39, 0.29) is 36.9 Å². The molecule has 4 N–H and O–H groups in total. The van der Waals surface area contributed by atoms with Crippen molar-refractivity contribution < 1.29 is 29.3 Å². The molecule has 50 heavy (non-hydrogen) atoms. The minimum atomic E-state index is -0.662. The third-order valence-corrected chi connectivity index (χ3v) is 9.38. The Bertz CT molecular complexity index is 1850. The van der Waals surface area contributed by atoms with Crippen LogP contribution in [0.25, 0.3) is 5.69 Å². The maximum atomic E-state index is 12.7. The van der Waals surface area contributed by atoms with Crippen molar-refractivity contribution >= 4 is 23.6 Å². The van der Waals surface area contributed by atoms with Crippen LogP contribution in [0.5, 0.6) is 5.75 Å². The number of rotatable bonds is 13. The number of thioether (sulfide) groups is 1. The molecule has 4 unspecified atom stereocenters. The van der Waals surface area contributed by atoms with E-state index >= 15 is 0 Å². The van der Waals surface area contributed by atoms with Crippen molar-refractivity contribution in [3.8, 4) is 11.4 Å². The second-order valence-electron chi connectivity index (χ2n) is 12.0. The van der Waals surface area contributed by atoms with E-state index in [4.69, 9.17) is 9.47 Å². The summed E-state index contributed by atoms with van der Waals surface area (Å²) in [5.41, 5.74) is 5.17. The van der Waals surface area contributed by atoms with Gasteiger partial charge in [0.05, 0.1) is 30.5 Å². The van der Waals surface area contributed by atoms with Crippen LogP contribution in [-0.2, 0) is 33.8 Å². The van der Waals surface area contributed by atoms with Crippen LogP contribution in [0.15, 0.2) is 108 Å². The number of ketones is 1. The SMILES string of the molecule is CC(=O)C(Cc1ccccc1)NC(=O)NCc1ccc(C2OC(CSc3nnnn3-c3ccc(O)cc3)CC(c3ccc(CO)cc3)O2)cc1. The highest BCUT2D eigenvalue weighted by molar-refractivity contribution is 7.99. The Morgan fingerprint density at radius 1 is 0.900 bits per heavy atom. The predicted octanol–water partition coefficient (Wildman–Crippen LogP) is 5.20. The van der Waals surface area contributed by atoms with Gasteiger partial charge in [0.1, 0.15) is 5.75 Å². The van der Waals surface area contributed by atoms with Gasteiger partial charge in [-0.2, -0.15) is 4.68 Å². The molecule has 6 rings (SSSR count). The summed E-state index contributed by atoms with van der Waals surface area (Å²) in [6.45, 7) is 1.70. The highest BCUT2D eigenvalue weighted by Gasteiger charge is 2.32. The number of carbonyl (C=O) groups excluding carboxylic acids is 2. The molecule has 1 aromatic heterocycles. The number of aromatic hydroxyl groups is 1. The van der Waals surface area contributed by atoms with Crippen molar-refractivity contribution in [3.63, 3.8) is 0 Å². The van der Waals surface area contributed by atoms with Crippen molar-refractivity contribution in [1.82, 2.24) is 30.8 Å². The highest BCUT2D eigenvalue weighted by atomic mass is 32.2. The van der Waals surface area contributed by atoms with Crippen LogP contribution in [0.1, 0.15) is 53.6 Å². The highest BCUT2D eigenvalue weighted by Crippen LogP contribution is 2.39. The zero-order valence-electron chi connectivity index (χ0n) is 27.4. The first kappa shape index (κ1) is 34.8. The van der Waals surface area contributed by atoms with Crippen molar-refractivity contribution in [2.75, 3.05) is 5.75 Å². The fourth-order valence-electron chi connectivity index (χ4n) is 5.55. The maximum Gasteiger partial charge on any atom is 0.315 e. The Morgan fingerprint density at radius 2 is 1.60 bits per heavy atom. The molecule has 5 aromatic rings. The number of aliphatic hydroxyl groups is 1. The van der Waals surface area contributed by atoms with Gasteiger partial charge >= 0.3 is 6.03 Å². The van der Waals surface area contributed by atoms with Crippen molar-refractivity contribution in [2.45, 2.75) is 62.6 Å². The number of hydrogen-bond acceptors (Lipinski definition) is 10. The van der Waals surface area contributed by atoms with Gasteiger partial charge in [0.15, 0.2) is 12.1 Å². The lowest BCUT2D eigenvalue weighted by Crippen LogP contribution is -2.46. The summed E-state index contributed by atoms with van der Waals surface area (Å²) in [4.78, 5) is 24.9. The number of urea groups is 1. The quantitative estimate of drug-likeness (QED) is 0.121. The van der Waals surface area contributed by atoms with Crippen LogP contribution in [-0.4, -0.2) is 60.1 Å². The molecule has 258 valence electrons. The topological polar surface area (TPSA) is 161 Å². The molecule has 12 nitrogen and oxygen atoms in total. The van der Waals surface area contributed by atoms with Crippen LogP contribution < -0.4 is 10.6 Å². The lowest BCUT2D eigenvalue weighted by molar-refractivity contribution is -0.245. The molecule has 0 spiro atoms. The Labute approximate surface area is 293 Å². The monoisotopic (exact) mass is 694 g/mol. The minimum Gasteiger partial charge on any atom is -0.508 e. The molecule has 1 fully saturated rings. The number of Topliss-reactive ketones (excluding diaryl/α,β-unsaturated/α-hetero) is 1. The number of carbonyl (C=O) groups is 2. The van der Waals surface area contributed by atoms with Gasteiger partial charge in [0, 0.05) is 24.3 Å². The Morgan fingerprint density at radius 3 is 2.30 bits per heavy atom. The third-order valence-electron chi connectivity index (χ3n) is 8.33. The molecule has 1 aliphatic heterocycles. The molecular weight excluding hydrogens is 657 g/mol. The van der Waals surface area contributed by atoms with E-state index in [1.54, 1.807) is 28.9 Å². The van der Waals surface area contributed by atoms with Crippen LogP contribution >= 0.6 is 11.8 Å². The summed E-state index contributed by atoms with van der Waals surface area (Å²) in [5, 5.41) is 37.6. The number of phenols is 1. The van der Waals surface area contributed by atoms with Gasteiger partial charge in [0.25, 0.3) is 0 Å². The molecule has 0 saturated carbocycles. The van der Waals surface area contributed by atoms with E-state index in [0.29, 0.717) is 23.8 Å². The number of nitrogens with zero attached hydrogens (tertiary/aromatic N) is 4. The Balaban J connectivity index is 1.10. The van der Waals surface area contributed by atoms with Crippen LogP contribution in [0, 0.1) is 0 Å². The van der Waals surface area contributed by atoms with E-state index in [2.05, 4.69) is 26.2 Å². The summed E-state index contributed by atoms with van der Waals surface area (Å²) in [7, 11) is 0. The molecule has 13 heteroatoms. The normalized spacial score (nSPS) is 17.9. The smallest absolute Gasteiger partial charge is 0.315 e. The molecule has 1 saturated heterocycles. The average molecular weight is 695 g/mol. The standard InChI is InChI=1S/C37H38N6O6S/c1-24(45)33(19-25-5-3-2-4-6-25)39-36(47)38-21-26-7-13-29(14-8-26)35-48-32(20-34(49-35)28-11-9-27(22-44)10-12-28)23-50-37-40-41-42-43(37)30-15-17-31(46)18-16-30/h2-18,32-35,44,46H,19-23H2,1H3,(H2,38,39,47). The number of phenolic OH excluding ortho intramolecular Hbond substituents is 1. The van der Waals surface area contributed by atoms with E-state index in [1.807, 2.05) is 78.9 Å². The van der Waals surface area contributed by atoms with Gasteiger partial charge in [-0.15, -0.1) is 5.10 Å². The lowest BCUT2D eigenvalue weighted by Gasteiger charge is -2.36. The first-order chi connectivity index (χ1) is 24.3. The van der Waals surface area contributed by atoms with Crippen molar-refractivity contribution in [1.29, 1.82) is 0 Å². The molecule has 0 bridgehead atoms. The lowest BCUT2D eigenvalue weighted by atomic mass is 10.0. The van der Waals surface area contributed by atoms with Gasteiger partial charge in [-0.3, -0.25) is 4.79 Å². The summed E-state index contributed by atoms with van der Waals surface area (Å²) >= 11 is 1.46. The van der Waals surface area contributed by atoms with E-state index in [0.717, 1.165) is 33.5 Å². The van der Waals surface area contributed by atoms with Gasteiger partial charge < -0.3 is 30.3 Å². The Kier molecular flexibility index (Phi) is 11.5. The van der Waals surface area contributed by atoms with Gasteiger partial charge in [-0.25, -0.2) is 4.79 Å². The van der Waals surface area contributed by atoms with E-state index in [9.17, 15) is 19.8 Å². The molecular formula is C37H38N6O6S. The van der Waals surface area contributed by atoms with Crippen molar-refractivity contribution in [3.05, 3.63) is 131 Å². The number of nitrogens with one attached hydrogen (secondary N) is 2. The number of hydrogen-bond donors (Lipinski definition) is 4. The number of aromatic nitrogens is 4. The number of ether oxygens (including phenoxy) is 2. The number of tetrazole rings is 1. The zero-order valence-corrected chi connectivity index (χ0v) is 28.2. The molecule has 2 heterocycles. The molecule has 0 radical (unpaired) electrons. The number of aliphatic hydroxyl groups excluding tert-OH is 1. The van der Waals surface area contributed by atoms with Gasteiger partial charge in [0.2, 0.25) is 5.16 Å². The van der Waals surface area contributed by atoms with Crippen LogP contribution in [0.4, 0.5) is 4.79 Å². The molecule has 4 aromatic carbocycles. The molecule has 4 atom stereocenters. The van der Waals surface area contributed by atoms with Crippen LogP contribution in [0.3, 0.4) is 0 Å². The van der Waals surface area contributed by atoms with Gasteiger partial charge in [-0.1, -0.05) is 90.6 Å². The predicted molar refractivity (Wildman–Crippen MR) is 186 cm³/mol. The van der Waals surface area contributed by atoms with Crippen LogP contribution in [0.2, 0.25) is 0 Å². The van der Waals surface area contributed by atoms with Crippen molar-refractivity contribution in [2.24, 2.45) is 0 Å². The summed E-state index contributed by atoms with van der Waals surface area (Å²) in [6.07, 6.45) is -0.145. The summed E-state index contributed by atoms with van der Waals surface area (Å²) < 4.78 is 14.6. The first-order valence-corrected chi connectivity index (χ1v) is 17.2. The van der Waals surface area contributed by atoms with Gasteiger partial charge in [-0.05, 0) is 70.3 Å². The van der Waals surface area contributed by atoms with E-state index in [1.165, 1.54) is 18.7 Å². The maximum absolute atomic E-state index is 12.7. The number of benzene rings is 4. The molecule has 1 aliphatic rings. The average Bonchev–Trinajstić information content (AvgIpc) is 3.62. The van der Waals surface area contributed by atoms with E-state index < -0.39 is 18.4 Å². The summed E-state index contributed by atoms with van der Waals surface area (Å²) in [5.74, 6) is 0.588. The fourth-order valence-corrected chi connectivity index (χ4v) is 6.45. The number of amides is 2. The zero-order chi connectivity index (χ0) is 34.9. The second kappa shape index (κ2) is 16.5. The fraction of sp³-hybridized carbons (Fsp3) is 0.270. The molecule has 0 aliphatic carbocycles. The molecule has 2 amide bonds. The second-order valence-corrected chi connectivity index (χ2v) is 13.0. The largest absolute Gasteiger partial charge is 0.508 e. The summed E-state index contributed by atoms with van der Waals surface area (Å²) in [6, 6.07) is 30.5. The third kappa shape index (κ3) is 9.12. The minimum absolute atomic E-state index is 0.0413.